The van der Waals surface area contributed by atoms with Crippen molar-refractivity contribution in [3.8, 4) is 0 Å². The number of hydrogen-bond acceptors (Lipinski definition) is 3. The van der Waals surface area contributed by atoms with Gasteiger partial charge >= 0.3 is 12.1 Å². The third-order valence-corrected chi connectivity index (χ3v) is 3.39. The standard InChI is InChI=1S/C12H9F5N2S/c1-7-8(11(13,14)12(15,16)17)3-2-4-9(7)19-10-18-5-6-20-10/h2-6H,1H3,(H,18,19). The minimum absolute atomic E-state index is 0.162. The van der Waals surface area contributed by atoms with E-state index in [-0.39, 0.29) is 11.3 Å². The molecule has 0 radical (unpaired) electrons. The number of anilines is 2. The van der Waals surface area contributed by atoms with Gasteiger partial charge < -0.3 is 5.32 Å². The van der Waals surface area contributed by atoms with Crippen LogP contribution in [-0.2, 0) is 5.92 Å². The number of nitrogens with one attached hydrogen (secondary N) is 1. The second-order valence-electron chi connectivity index (χ2n) is 4.01. The molecule has 0 saturated carbocycles. The van der Waals surface area contributed by atoms with Gasteiger partial charge in [-0.15, -0.1) is 11.3 Å². The van der Waals surface area contributed by atoms with Gasteiger partial charge in [-0.1, -0.05) is 12.1 Å². The fraction of sp³-hybridized carbons (Fsp3) is 0.250. The van der Waals surface area contributed by atoms with Crippen LogP contribution in [-0.4, -0.2) is 11.2 Å². The Morgan fingerprint density at radius 2 is 1.85 bits per heavy atom. The van der Waals surface area contributed by atoms with Gasteiger partial charge in [-0.3, -0.25) is 0 Å². The molecule has 0 amide bonds. The molecule has 1 aromatic heterocycles. The van der Waals surface area contributed by atoms with E-state index in [9.17, 15) is 22.0 Å². The highest BCUT2D eigenvalue weighted by Crippen LogP contribution is 2.46. The molecule has 108 valence electrons. The van der Waals surface area contributed by atoms with Gasteiger partial charge in [0.15, 0.2) is 5.13 Å². The third kappa shape index (κ3) is 2.60. The lowest BCUT2D eigenvalue weighted by atomic mass is 10.0. The van der Waals surface area contributed by atoms with Crippen LogP contribution in [0.2, 0.25) is 0 Å². The SMILES string of the molecule is Cc1c(Nc2nccs2)cccc1C(F)(F)C(F)(F)F. The maximum Gasteiger partial charge on any atom is 0.458 e. The van der Waals surface area contributed by atoms with Gasteiger partial charge in [-0.05, 0) is 18.6 Å². The summed E-state index contributed by atoms with van der Waals surface area (Å²) in [6, 6.07) is 3.35. The summed E-state index contributed by atoms with van der Waals surface area (Å²) in [7, 11) is 0. The molecule has 0 atom stereocenters. The average Bonchev–Trinajstić information content (AvgIpc) is 2.83. The lowest BCUT2D eigenvalue weighted by Gasteiger charge is -2.22. The van der Waals surface area contributed by atoms with Crippen molar-refractivity contribution in [2.24, 2.45) is 0 Å². The van der Waals surface area contributed by atoms with Gasteiger partial charge in [0, 0.05) is 22.8 Å². The van der Waals surface area contributed by atoms with E-state index in [2.05, 4.69) is 10.3 Å². The van der Waals surface area contributed by atoms with Crippen LogP contribution >= 0.6 is 11.3 Å². The zero-order valence-electron chi connectivity index (χ0n) is 10.1. The van der Waals surface area contributed by atoms with E-state index < -0.39 is 17.7 Å². The van der Waals surface area contributed by atoms with Crippen molar-refractivity contribution < 1.29 is 22.0 Å². The third-order valence-electron chi connectivity index (χ3n) is 2.70. The topological polar surface area (TPSA) is 24.9 Å². The van der Waals surface area contributed by atoms with Crippen molar-refractivity contribution >= 4 is 22.2 Å². The Labute approximate surface area is 115 Å². The normalized spacial score (nSPS) is 12.5. The van der Waals surface area contributed by atoms with Crippen molar-refractivity contribution in [1.82, 2.24) is 4.98 Å². The van der Waals surface area contributed by atoms with Gasteiger partial charge in [0.1, 0.15) is 0 Å². The van der Waals surface area contributed by atoms with Crippen LogP contribution in [0.5, 0.6) is 0 Å². The van der Waals surface area contributed by atoms with Gasteiger partial charge in [-0.25, -0.2) is 4.98 Å². The highest BCUT2D eigenvalue weighted by molar-refractivity contribution is 7.13. The van der Waals surface area contributed by atoms with Crippen molar-refractivity contribution in [2.45, 2.75) is 19.0 Å². The van der Waals surface area contributed by atoms with E-state index in [1.807, 2.05) is 0 Å². The maximum atomic E-state index is 13.4. The molecule has 1 N–H and O–H groups in total. The van der Waals surface area contributed by atoms with E-state index in [0.717, 1.165) is 12.1 Å². The predicted molar refractivity (Wildman–Crippen MR) is 66.5 cm³/mol. The quantitative estimate of drug-likeness (QED) is 0.820. The Morgan fingerprint density at radius 3 is 2.40 bits per heavy atom. The molecule has 0 aliphatic rings. The summed E-state index contributed by atoms with van der Waals surface area (Å²) in [6.45, 7) is 1.21. The van der Waals surface area contributed by atoms with E-state index in [4.69, 9.17) is 0 Å². The first kappa shape index (κ1) is 14.7. The molecule has 0 aliphatic heterocycles. The number of thiazole rings is 1. The van der Waals surface area contributed by atoms with E-state index >= 15 is 0 Å². The first-order chi connectivity index (χ1) is 9.23. The molecule has 2 aromatic rings. The number of rotatable bonds is 3. The molecule has 1 heterocycles. The Bertz CT molecular complexity index is 592. The van der Waals surface area contributed by atoms with Crippen LogP contribution in [0.1, 0.15) is 11.1 Å². The number of benzene rings is 1. The Balaban J connectivity index is 2.42. The number of hydrogen-bond donors (Lipinski definition) is 1. The molecule has 0 saturated heterocycles. The zero-order chi connectivity index (χ0) is 15.0. The second kappa shape index (κ2) is 5.01. The Hall–Kier alpha value is -1.70. The molecule has 0 spiro atoms. The molecule has 0 bridgehead atoms. The van der Waals surface area contributed by atoms with Crippen LogP contribution < -0.4 is 5.32 Å². The summed E-state index contributed by atoms with van der Waals surface area (Å²) in [5.41, 5.74) is -1.06. The summed E-state index contributed by atoms with van der Waals surface area (Å²) in [5.74, 6) is -4.89. The summed E-state index contributed by atoms with van der Waals surface area (Å²) < 4.78 is 64.1. The van der Waals surface area contributed by atoms with E-state index in [0.29, 0.717) is 5.13 Å². The number of alkyl halides is 5. The van der Waals surface area contributed by atoms with E-state index in [1.165, 1.54) is 30.5 Å². The van der Waals surface area contributed by atoms with Crippen molar-refractivity contribution in [3.63, 3.8) is 0 Å². The number of halogens is 5. The smallest absolute Gasteiger partial charge is 0.331 e. The second-order valence-corrected chi connectivity index (χ2v) is 4.91. The molecule has 0 fully saturated rings. The predicted octanol–water partition coefficient (Wildman–Crippen LogP) is 4.85. The monoisotopic (exact) mass is 308 g/mol. The van der Waals surface area contributed by atoms with Crippen LogP contribution in [0.15, 0.2) is 29.8 Å². The van der Waals surface area contributed by atoms with Crippen LogP contribution in [0.4, 0.5) is 32.8 Å². The van der Waals surface area contributed by atoms with Crippen molar-refractivity contribution in [2.75, 3.05) is 5.32 Å². The van der Waals surface area contributed by atoms with Crippen molar-refractivity contribution in [3.05, 3.63) is 40.9 Å². The summed E-state index contributed by atoms with van der Waals surface area (Å²) in [4.78, 5) is 3.89. The molecule has 20 heavy (non-hydrogen) atoms. The zero-order valence-corrected chi connectivity index (χ0v) is 10.9. The molecule has 8 heteroatoms. The van der Waals surface area contributed by atoms with E-state index in [1.54, 1.807) is 5.38 Å². The molecule has 2 nitrogen and oxygen atoms in total. The molecular formula is C12H9F5N2S. The van der Waals surface area contributed by atoms with Crippen LogP contribution in [0.3, 0.4) is 0 Å². The number of nitrogens with zero attached hydrogens (tertiary/aromatic N) is 1. The van der Waals surface area contributed by atoms with Crippen LogP contribution in [0, 0.1) is 6.92 Å². The Morgan fingerprint density at radius 1 is 1.15 bits per heavy atom. The highest BCUT2D eigenvalue weighted by Gasteiger charge is 2.59. The maximum absolute atomic E-state index is 13.4. The number of aromatic nitrogens is 1. The highest BCUT2D eigenvalue weighted by atomic mass is 32.1. The van der Waals surface area contributed by atoms with Gasteiger partial charge in [-0.2, -0.15) is 22.0 Å². The summed E-state index contributed by atoms with van der Waals surface area (Å²) in [6.07, 6.45) is -4.13. The minimum Gasteiger partial charge on any atom is -0.331 e. The molecule has 0 unspecified atom stereocenters. The van der Waals surface area contributed by atoms with Crippen molar-refractivity contribution in [1.29, 1.82) is 0 Å². The first-order valence-electron chi connectivity index (χ1n) is 5.44. The fourth-order valence-corrected chi connectivity index (χ4v) is 2.21. The minimum atomic E-state index is -5.63. The fourth-order valence-electron chi connectivity index (χ4n) is 1.66. The van der Waals surface area contributed by atoms with Gasteiger partial charge in [0.2, 0.25) is 0 Å². The van der Waals surface area contributed by atoms with Gasteiger partial charge in [0.25, 0.3) is 0 Å². The van der Waals surface area contributed by atoms with Gasteiger partial charge in [0.05, 0.1) is 0 Å². The summed E-state index contributed by atoms with van der Waals surface area (Å²) >= 11 is 1.21. The molecular weight excluding hydrogens is 299 g/mol. The molecule has 1 aromatic carbocycles. The average molecular weight is 308 g/mol. The van der Waals surface area contributed by atoms with Crippen LogP contribution in [0.25, 0.3) is 0 Å². The molecule has 0 aliphatic carbocycles. The Kier molecular flexibility index (Phi) is 3.68. The lowest BCUT2D eigenvalue weighted by molar-refractivity contribution is -0.289. The lowest BCUT2D eigenvalue weighted by Crippen LogP contribution is -2.34. The summed E-state index contributed by atoms with van der Waals surface area (Å²) in [5, 5.41) is 4.80. The largest absolute Gasteiger partial charge is 0.458 e. The molecule has 2 rings (SSSR count). The first-order valence-corrected chi connectivity index (χ1v) is 6.32.